The van der Waals surface area contributed by atoms with E-state index in [1.165, 1.54) is 0 Å². The third-order valence-corrected chi connectivity index (χ3v) is 3.93. The summed E-state index contributed by atoms with van der Waals surface area (Å²) in [7, 11) is 0. The van der Waals surface area contributed by atoms with Gasteiger partial charge in [-0.05, 0) is 56.3 Å². The molecule has 0 spiro atoms. The van der Waals surface area contributed by atoms with Gasteiger partial charge in [0.2, 0.25) is 0 Å². The van der Waals surface area contributed by atoms with E-state index in [-0.39, 0.29) is 6.03 Å². The quantitative estimate of drug-likeness (QED) is 0.663. The lowest BCUT2D eigenvalue weighted by Gasteiger charge is -2.21. The first-order valence-electron chi connectivity index (χ1n) is 8.05. The highest BCUT2D eigenvalue weighted by molar-refractivity contribution is 6.00. The van der Waals surface area contributed by atoms with Gasteiger partial charge in [0.1, 0.15) is 0 Å². The lowest BCUT2D eigenvalue weighted by molar-refractivity contribution is 0.262. The van der Waals surface area contributed by atoms with Crippen molar-refractivity contribution in [3.63, 3.8) is 0 Å². The fraction of sp³-hybridized carbons (Fsp3) is 0.222. The average molecular weight is 323 g/mol. The molecule has 2 aromatic carbocycles. The Kier molecular flexibility index (Phi) is 4.65. The number of hydrogen-bond donors (Lipinski definition) is 3. The number of nitrogens with one attached hydrogen (secondary N) is 3. The van der Waals surface area contributed by atoms with Crippen LogP contribution < -0.4 is 15.5 Å². The van der Waals surface area contributed by atoms with E-state index in [4.69, 9.17) is 0 Å². The lowest BCUT2D eigenvalue weighted by Crippen LogP contribution is -2.22. The van der Waals surface area contributed by atoms with Gasteiger partial charge in [-0.3, -0.25) is 0 Å². The molecule has 1 aromatic heterocycles. The van der Waals surface area contributed by atoms with Crippen LogP contribution in [0.2, 0.25) is 0 Å². The van der Waals surface area contributed by atoms with Crippen LogP contribution in [0.3, 0.4) is 0 Å². The molecular weight excluding hydrogens is 302 g/mol. The Morgan fingerprint density at radius 1 is 1.04 bits per heavy atom. The summed E-state index contributed by atoms with van der Waals surface area (Å²) < 4.78 is 0. The van der Waals surface area contributed by atoms with E-state index in [0.29, 0.717) is 5.69 Å². The Hall–Kier alpha value is -3.02. The van der Waals surface area contributed by atoms with Crippen molar-refractivity contribution >= 4 is 34.1 Å². The molecule has 6 nitrogen and oxygen atoms in total. The van der Waals surface area contributed by atoms with E-state index in [1.54, 1.807) is 6.33 Å². The first-order valence-corrected chi connectivity index (χ1v) is 8.05. The number of H-pyrrole nitrogens is 1. The van der Waals surface area contributed by atoms with Crippen LogP contribution in [-0.2, 0) is 0 Å². The number of carbonyl (C=O) groups is 1. The highest BCUT2D eigenvalue weighted by Crippen LogP contribution is 2.19. The number of urea groups is 1. The summed E-state index contributed by atoms with van der Waals surface area (Å²) in [5, 5.41) is 5.66. The maximum Gasteiger partial charge on any atom is 0.323 e. The third-order valence-electron chi connectivity index (χ3n) is 3.93. The number of carbonyl (C=O) groups excluding carboxylic acids is 1. The van der Waals surface area contributed by atoms with Gasteiger partial charge in [0, 0.05) is 30.2 Å². The number of anilines is 3. The second-order valence-corrected chi connectivity index (χ2v) is 5.43. The van der Waals surface area contributed by atoms with Crippen LogP contribution in [-0.4, -0.2) is 29.1 Å². The summed E-state index contributed by atoms with van der Waals surface area (Å²) in [6.07, 6.45) is 1.63. The van der Waals surface area contributed by atoms with Crippen molar-refractivity contribution < 1.29 is 4.79 Å². The molecule has 6 heteroatoms. The summed E-state index contributed by atoms with van der Waals surface area (Å²) in [6.45, 7) is 6.17. The first-order chi connectivity index (χ1) is 11.7. The molecule has 3 aromatic rings. The zero-order valence-corrected chi connectivity index (χ0v) is 13.8. The zero-order valence-electron chi connectivity index (χ0n) is 13.8. The Bertz CT molecular complexity index is 821. The van der Waals surface area contributed by atoms with Crippen LogP contribution in [0.5, 0.6) is 0 Å². The van der Waals surface area contributed by atoms with Crippen molar-refractivity contribution in [2.24, 2.45) is 0 Å². The molecule has 0 atom stereocenters. The molecule has 0 saturated carbocycles. The molecule has 0 unspecified atom stereocenters. The average Bonchev–Trinajstić information content (AvgIpc) is 3.05. The molecular formula is C18H21N5O. The summed E-state index contributed by atoms with van der Waals surface area (Å²) >= 11 is 0. The maximum atomic E-state index is 12.1. The molecule has 0 aliphatic rings. The topological polar surface area (TPSA) is 73.1 Å². The summed E-state index contributed by atoms with van der Waals surface area (Å²) in [4.78, 5) is 21.6. The third kappa shape index (κ3) is 3.48. The number of benzene rings is 2. The van der Waals surface area contributed by atoms with E-state index < -0.39 is 0 Å². The number of aromatic amines is 1. The number of amides is 2. The van der Waals surface area contributed by atoms with Gasteiger partial charge in [-0.25, -0.2) is 9.78 Å². The fourth-order valence-corrected chi connectivity index (χ4v) is 2.65. The Labute approximate surface area is 140 Å². The van der Waals surface area contributed by atoms with Crippen LogP contribution in [0.15, 0.2) is 48.8 Å². The number of hydrogen-bond acceptors (Lipinski definition) is 3. The van der Waals surface area contributed by atoms with Crippen molar-refractivity contribution in [1.29, 1.82) is 0 Å². The van der Waals surface area contributed by atoms with Crippen molar-refractivity contribution in [3.05, 3.63) is 48.8 Å². The summed E-state index contributed by atoms with van der Waals surface area (Å²) in [5.41, 5.74) is 4.37. The minimum absolute atomic E-state index is 0.274. The van der Waals surface area contributed by atoms with E-state index in [0.717, 1.165) is 35.5 Å². The number of nitrogens with zero attached hydrogens (tertiary/aromatic N) is 2. The molecule has 3 rings (SSSR count). The molecule has 24 heavy (non-hydrogen) atoms. The van der Waals surface area contributed by atoms with E-state index in [1.807, 2.05) is 42.5 Å². The molecule has 0 radical (unpaired) electrons. The largest absolute Gasteiger partial charge is 0.372 e. The minimum atomic E-state index is -0.274. The first kappa shape index (κ1) is 15.9. The highest BCUT2D eigenvalue weighted by Gasteiger charge is 2.06. The monoisotopic (exact) mass is 323 g/mol. The second-order valence-electron chi connectivity index (χ2n) is 5.43. The van der Waals surface area contributed by atoms with Crippen molar-refractivity contribution in [3.8, 4) is 0 Å². The van der Waals surface area contributed by atoms with Crippen LogP contribution in [0.1, 0.15) is 13.8 Å². The minimum Gasteiger partial charge on any atom is -0.372 e. The summed E-state index contributed by atoms with van der Waals surface area (Å²) in [5.74, 6) is 0. The van der Waals surface area contributed by atoms with Gasteiger partial charge in [-0.15, -0.1) is 0 Å². The van der Waals surface area contributed by atoms with Crippen LogP contribution >= 0.6 is 0 Å². The number of fused-ring (bicyclic) bond motifs is 1. The van der Waals surface area contributed by atoms with E-state index in [9.17, 15) is 4.79 Å². The number of imidazole rings is 1. The number of rotatable bonds is 5. The Morgan fingerprint density at radius 2 is 1.71 bits per heavy atom. The van der Waals surface area contributed by atoms with Gasteiger partial charge in [-0.2, -0.15) is 0 Å². The van der Waals surface area contributed by atoms with Gasteiger partial charge in [0.05, 0.1) is 17.4 Å². The molecule has 0 saturated heterocycles. The van der Waals surface area contributed by atoms with Gasteiger partial charge in [0.15, 0.2) is 0 Å². The standard InChI is InChI=1S/C18H21N5O/c1-3-23(4-2)15-8-5-13(6-9-15)21-18(24)22-14-7-10-16-17(11-14)20-12-19-16/h5-12H,3-4H2,1-2H3,(H,19,20)(H2,21,22,24). The van der Waals surface area contributed by atoms with Gasteiger partial charge >= 0.3 is 6.03 Å². The van der Waals surface area contributed by atoms with Gasteiger partial charge < -0.3 is 20.5 Å². The smallest absolute Gasteiger partial charge is 0.323 e. The van der Waals surface area contributed by atoms with E-state index in [2.05, 4.69) is 39.3 Å². The van der Waals surface area contributed by atoms with E-state index >= 15 is 0 Å². The molecule has 3 N–H and O–H groups in total. The molecule has 0 aliphatic carbocycles. The Balaban J connectivity index is 1.63. The lowest BCUT2D eigenvalue weighted by atomic mass is 10.2. The van der Waals surface area contributed by atoms with Crippen LogP contribution in [0.25, 0.3) is 11.0 Å². The summed E-state index contributed by atoms with van der Waals surface area (Å²) in [6, 6.07) is 13.1. The highest BCUT2D eigenvalue weighted by atomic mass is 16.2. The fourth-order valence-electron chi connectivity index (χ4n) is 2.65. The normalized spacial score (nSPS) is 10.6. The van der Waals surface area contributed by atoms with Crippen molar-refractivity contribution in [1.82, 2.24) is 9.97 Å². The van der Waals surface area contributed by atoms with Crippen molar-refractivity contribution in [2.75, 3.05) is 28.6 Å². The van der Waals surface area contributed by atoms with Crippen LogP contribution in [0, 0.1) is 0 Å². The molecule has 1 heterocycles. The molecule has 0 fully saturated rings. The van der Waals surface area contributed by atoms with Crippen LogP contribution in [0.4, 0.5) is 21.9 Å². The molecule has 2 amide bonds. The predicted octanol–water partition coefficient (Wildman–Crippen LogP) is 4.05. The maximum absolute atomic E-state index is 12.1. The molecule has 124 valence electrons. The SMILES string of the molecule is CCN(CC)c1ccc(NC(=O)Nc2ccc3nc[nH]c3c2)cc1. The predicted molar refractivity (Wildman–Crippen MR) is 98.7 cm³/mol. The van der Waals surface area contributed by atoms with Gasteiger partial charge in [0.25, 0.3) is 0 Å². The van der Waals surface area contributed by atoms with Gasteiger partial charge in [-0.1, -0.05) is 0 Å². The molecule has 0 bridgehead atoms. The number of aromatic nitrogens is 2. The van der Waals surface area contributed by atoms with Crippen molar-refractivity contribution in [2.45, 2.75) is 13.8 Å². The molecule has 0 aliphatic heterocycles. The Morgan fingerprint density at radius 3 is 2.42 bits per heavy atom. The zero-order chi connectivity index (χ0) is 16.9. The second kappa shape index (κ2) is 7.04.